The van der Waals surface area contributed by atoms with Crippen molar-refractivity contribution in [1.29, 1.82) is 0 Å². The molecule has 2 rings (SSSR count). The van der Waals surface area contributed by atoms with Crippen LogP contribution in [-0.4, -0.2) is 18.8 Å². The van der Waals surface area contributed by atoms with Gasteiger partial charge in [-0.25, -0.2) is 0 Å². The minimum Gasteiger partial charge on any atom is -0.497 e. The number of methoxy groups -OCH3 is 1. The van der Waals surface area contributed by atoms with E-state index in [1.165, 1.54) is 0 Å². The molecule has 0 aromatic heterocycles. The lowest BCUT2D eigenvalue weighted by molar-refractivity contribution is -0.134. The second kappa shape index (κ2) is 7.61. The number of ether oxygens (including phenoxy) is 1. The smallest absolute Gasteiger partial charge is 0.291 e. The van der Waals surface area contributed by atoms with Gasteiger partial charge in [-0.2, -0.15) is 0 Å². The largest absolute Gasteiger partial charge is 0.497 e. The number of hydrogen-bond acceptors (Lipinski definition) is 3. The molecule has 0 aliphatic rings. The van der Waals surface area contributed by atoms with Crippen LogP contribution in [0, 0.1) is 0 Å². The molecule has 0 radical (unpaired) electrons. The fourth-order valence-corrected chi connectivity index (χ4v) is 2.02. The highest BCUT2D eigenvalue weighted by atomic mass is 35.5. The lowest BCUT2D eigenvalue weighted by Gasteiger charge is -2.05. The van der Waals surface area contributed by atoms with Crippen LogP contribution in [0.2, 0.25) is 5.02 Å². The summed E-state index contributed by atoms with van der Waals surface area (Å²) in [6, 6.07) is 14.0. The van der Waals surface area contributed by atoms with E-state index in [9.17, 15) is 9.59 Å². The Bertz CT molecular complexity index is 651. The second-order valence-corrected chi connectivity index (χ2v) is 5.17. The molecule has 0 unspecified atom stereocenters. The molecule has 114 valence electrons. The maximum atomic E-state index is 11.8. The lowest BCUT2D eigenvalue weighted by atomic mass is 10.1. The van der Waals surface area contributed by atoms with Gasteiger partial charge in [0.25, 0.3) is 5.91 Å². The quantitative estimate of drug-likeness (QED) is 0.830. The van der Waals surface area contributed by atoms with Gasteiger partial charge in [-0.15, -0.1) is 0 Å². The number of ketones is 1. The predicted octanol–water partition coefficient (Wildman–Crippen LogP) is 3.49. The molecule has 0 fully saturated rings. The summed E-state index contributed by atoms with van der Waals surface area (Å²) in [6.45, 7) is 0. The molecule has 4 nitrogen and oxygen atoms in total. The fourth-order valence-electron chi connectivity index (χ4n) is 1.90. The summed E-state index contributed by atoms with van der Waals surface area (Å²) < 4.78 is 5.07. The zero-order valence-corrected chi connectivity index (χ0v) is 12.9. The molecule has 0 bridgehead atoms. The van der Waals surface area contributed by atoms with E-state index in [4.69, 9.17) is 16.3 Å². The number of benzene rings is 2. The average Bonchev–Trinajstić information content (AvgIpc) is 2.55. The molecule has 1 N–H and O–H groups in total. The van der Waals surface area contributed by atoms with E-state index >= 15 is 0 Å². The number of amides is 1. The van der Waals surface area contributed by atoms with Crippen LogP contribution in [0.4, 0.5) is 5.69 Å². The summed E-state index contributed by atoms with van der Waals surface area (Å²) in [7, 11) is 1.60. The molecular weight excluding hydrogens is 302 g/mol. The molecule has 2 aromatic carbocycles. The van der Waals surface area contributed by atoms with Gasteiger partial charge >= 0.3 is 0 Å². The first-order chi connectivity index (χ1) is 10.6. The van der Waals surface area contributed by atoms with Crippen molar-refractivity contribution in [3.05, 3.63) is 59.1 Å². The topological polar surface area (TPSA) is 55.4 Å². The molecule has 1 amide bonds. The van der Waals surface area contributed by atoms with Crippen molar-refractivity contribution in [1.82, 2.24) is 0 Å². The number of nitrogens with one attached hydrogen (secondary N) is 1. The number of Topliss-reactive ketones (excluding diaryl/α,β-unsaturated/α-hetero) is 1. The maximum Gasteiger partial charge on any atom is 0.291 e. The van der Waals surface area contributed by atoms with Gasteiger partial charge in [-0.1, -0.05) is 23.7 Å². The van der Waals surface area contributed by atoms with Gasteiger partial charge < -0.3 is 10.1 Å². The predicted molar refractivity (Wildman–Crippen MR) is 86.4 cm³/mol. The summed E-state index contributed by atoms with van der Waals surface area (Å²) in [5, 5.41) is 3.13. The Labute approximate surface area is 134 Å². The van der Waals surface area contributed by atoms with Crippen molar-refractivity contribution in [3.8, 4) is 5.75 Å². The Morgan fingerprint density at radius 3 is 2.27 bits per heavy atom. The van der Waals surface area contributed by atoms with E-state index in [-0.39, 0.29) is 6.42 Å². The summed E-state index contributed by atoms with van der Waals surface area (Å²) in [6.07, 6.45) is 0.669. The molecule has 0 heterocycles. The maximum absolute atomic E-state index is 11.8. The second-order valence-electron chi connectivity index (χ2n) is 4.73. The first-order valence-corrected chi connectivity index (χ1v) is 7.19. The minimum absolute atomic E-state index is 0.158. The Morgan fingerprint density at radius 1 is 1.05 bits per heavy atom. The molecule has 22 heavy (non-hydrogen) atoms. The number of halogens is 1. The molecule has 5 heteroatoms. The lowest BCUT2D eigenvalue weighted by Crippen LogP contribution is -2.23. The number of rotatable bonds is 6. The minimum atomic E-state index is -0.615. The van der Waals surface area contributed by atoms with Crippen molar-refractivity contribution in [2.75, 3.05) is 12.4 Å². The van der Waals surface area contributed by atoms with Crippen LogP contribution in [0.25, 0.3) is 0 Å². The molecule has 0 aliphatic heterocycles. The van der Waals surface area contributed by atoms with Gasteiger partial charge in [0.1, 0.15) is 5.75 Å². The normalized spacial score (nSPS) is 10.1. The van der Waals surface area contributed by atoms with Gasteiger partial charge in [0.15, 0.2) is 0 Å². The molecular formula is C17H16ClNO3. The van der Waals surface area contributed by atoms with Crippen LogP contribution >= 0.6 is 11.6 Å². The van der Waals surface area contributed by atoms with Crippen molar-refractivity contribution < 1.29 is 14.3 Å². The van der Waals surface area contributed by atoms with Gasteiger partial charge in [0.05, 0.1) is 7.11 Å². The van der Waals surface area contributed by atoms with Crippen LogP contribution in [0.15, 0.2) is 48.5 Å². The number of carbonyl (C=O) groups excluding carboxylic acids is 2. The van der Waals surface area contributed by atoms with E-state index in [2.05, 4.69) is 5.32 Å². The van der Waals surface area contributed by atoms with Gasteiger partial charge in [-0.05, 0) is 48.4 Å². The summed E-state index contributed by atoms with van der Waals surface area (Å²) >= 11 is 5.76. The van der Waals surface area contributed by atoms with E-state index in [0.717, 1.165) is 11.3 Å². The highest BCUT2D eigenvalue weighted by Gasteiger charge is 2.13. The highest BCUT2D eigenvalue weighted by Crippen LogP contribution is 2.14. The Morgan fingerprint density at radius 2 is 1.68 bits per heavy atom. The van der Waals surface area contributed by atoms with Crippen molar-refractivity contribution in [2.45, 2.75) is 12.8 Å². The van der Waals surface area contributed by atoms with Gasteiger partial charge in [0.2, 0.25) is 5.78 Å². The molecule has 0 spiro atoms. The zero-order valence-electron chi connectivity index (χ0n) is 12.1. The Balaban J connectivity index is 1.85. The Kier molecular flexibility index (Phi) is 5.55. The monoisotopic (exact) mass is 317 g/mol. The third kappa shape index (κ3) is 4.60. The van der Waals surface area contributed by atoms with E-state index in [1.54, 1.807) is 31.4 Å². The van der Waals surface area contributed by atoms with Crippen LogP contribution in [0.3, 0.4) is 0 Å². The SMILES string of the molecule is COc1ccc(CCC(=O)C(=O)Nc2ccc(Cl)cc2)cc1. The summed E-state index contributed by atoms with van der Waals surface area (Å²) in [5.41, 5.74) is 1.53. The number of anilines is 1. The van der Waals surface area contributed by atoms with Crippen LogP contribution in [0.1, 0.15) is 12.0 Å². The number of hydrogen-bond donors (Lipinski definition) is 1. The molecule has 0 aliphatic carbocycles. The average molecular weight is 318 g/mol. The third-order valence-corrected chi connectivity index (χ3v) is 3.41. The molecule has 0 saturated heterocycles. The van der Waals surface area contributed by atoms with Crippen molar-refractivity contribution >= 4 is 29.0 Å². The number of carbonyl (C=O) groups is 2. The molecule has 0 atom stereocenters. The summed E-state index contributed by atoms with van der Waals surface area (Å²) in [5.74, 6) is -0.308. The Hall–Kier alpha value is -2.33. The van der Waals surface area contributed by atoms with Gasteiger partial charge in [0, 0.05) is 17.1 Å². The van der Waals surface area contributed by atoms with Crippen molar-refractivity contribution in [3.63, 3.8) is 0 Å². The standard InChI is InChI=1S/C17H16ClNO3/c1-22-15-9-2-12(3-10-15)4-11-16(20)17(21)19-14-7-5-13(18)6-8-14/h2-3,5-10H,4,11H2,1H3,(H,19,21). The van der Waals surface area contributed by atoms with E-state index in [0.29, 0.717) is 17.1 Å². The van der Waals surface area contributed by atoms with Crippen LogP contribution in [0.5, 0.6) is 5.75 Å². The summed E-state index contributed by atoms with van der Waals surface area (Å²) in [4.78, 5) is 23.7. The molecule has 0 saturated carbocycles. The van der Waals surface area contributed by atoms with Gasteiger partial charge in [-0.3, -0.25) is 9.59 Å². The van der Waals surface area contributed by atoms with E-state index in [1.807, 2.05) is 24.3 Å². The van der Waals surface area contributed by atoms with Crippen LogP contribution in [-0.2, 0) is 16.0 Å². The first-order valence-electron chi connectivity index (χ1n) is 6.81. The van der Waals surface area contributed by atoms with E-state index < -0.39 is 11.7 Å². The molecule has 2 aromatic rings. The third-order valence-electron chi connectivity index (χ3n) is 3.16. The highest BCUT2D eigenvalue weighted by molar-refractivity contribution is 6.40. The first kappa shape index (κ1) is 16.0. The van der Waals surface area contributed by atoms with Crippen LogP contribution < -0.4 is 10.1 Å². The zero-order chi connectivity index (χ0) is 15.9. The van der Waals surface area contributed by atoms with Crippen molar-refractivity contribution in [2.24, 2.45) is 0 Å². The number of aryl methyl sites for hydroxylation is 1. The fraction of sp³-hybridized carbons (Fsp3) is 0.176.